The third-order valence-corrected chi connectivity index (χ3v) is 5.09. The van der Waals surface area contributed by atoms with Crippen LogP contribution in [0.1, 0.15) is 26.2 Å². The molecule has 0 fully saturated rings. The lowest BCUT2D eigenvalue weighted by Crippen LogP contribution is -2.29. The van der Waals surface area contributed by atoms with Gasteiger partial charge >= 0.3 is 0 Å². The predicted octanol–water partition coefficient (Wildman–Crippen LogP) is 3.77. The molecule has 0 saturated heterocycles. The number of nitrogens with one attached hydrogen (secondary N) is 1. The molecule has 0 aliphatic heterocycles. The summed E-state index contributed by atoms with van der Waals surface area (Å²) < 4.78 is 27.7. The molecule has 1 rings (SSSR count). The van der Waals surface area contributed by atoms with Crippen molar-refractivity contribution in [2.75, 3.05) is 12.4 Å². The van der Waals surface area contributed by atoms with Crippen LogP contribution >= 0.6 is 27.5 Å². The van der Waals surface area contributed by atoms with Crippen molar-refractivity contribution in [1.29, 1.82) is 0 Å². The molecule has 0 amide bonds. The van der Waals surface area contributed by atoms with Gasteiger partial charge in [-0.05, 0) is 43.0 Å². The molecule has 19 heavy (non-hydrogen) atoms. The van der Waals surface area contributed by atoms with E-state index in [0.29, 0.717) is 18.3 Å². The summed E-state index contributed by atoms with van der Waals surface area (Å²) in [5, 5.41) is 0. The molecule has 3 nitrogen and oxygen atoms in total. The Balaban J connectivity index is 2.66. The zero-order chi connectivity index (χ0) is 14.3. The van der Waals surface area contributed by atoms with E-state index in [1.807, 2.05) is 0 Å². The average Bonchev–Trinajstić information content (AvgIpc) is 2.37. The molecule has 1 unspecified atom stereocenters. The standard InChI is InChI=1S/C13H19BrClNO2S/c1-2-3-11(8-9-15)10-16-19(17,18)13-6-4-12(14)5-7-13/h4-7,11,16H,2-3,8-10H2,1H3. The lowest BCUT2D eigenvalue weighted by molar-refractivity contribution is 0.457. The van der Waals surface area contributed by atoms with Gasteiger partial charge in [-0.2, -0.15) is 0 Å². The maximum atomic E-state index is 12.1. The molecule has 0 spiro atoms. The van der Waals surface area contributed by atoms with Crippen LogP contribution < -0.4 is 4.72 Å². The predicted molar refractivity (Wildman–Crippen MR) is 83.1 cm³/mol. The molecule has 0 aliphatic rings. The van der Waals surface area contributed by atoms with E-state index in [1.165, 1.54) is 0 Å². The maximum absolute atomic E-state index is 12.1. The van der Waals surface area contributed by atoms with E-state index in [4.69, 9.17) is 11.6 Å². The molecule has 6 heteroatoms. The second-order valence-electron chi connectivity index (χ2n) is 4.44. The van der Waals surface area contributed by atoms with Crippen molar-refractivity contribution < 1.29 is 8.42 Å². The van der Waals surface area contributed by atoms with Crippen molar-refractivity contribution in [3.63, 3.8) is 0 Å². The van der Waals surface area contributed by atoms with Crippen LogP contribution in [0.5, 0.6) is 0 Å². The van der Waals surface area contributed by atoms with Gasteiger partial charge in [0.2, 0.25) is 10.0 Å². The quantitative estimate of drug-likeness (QED) is 0.710. The number of hydrogen-bond acceptors (Lipinski definition) is 2. The van der Waals surface area contributed by atoms with Gasteiger partial charge in [0.25, 0.3) is 0 Å². The zero-order valence-electron chi connectivity index (χ0n) is 10.9. The summed E-state index contributed by atoms with van der Waals surface area (Å²) in [4.78, 5) is 0.289. The van der Waals surface area contributed by atoms with Gasteiger partial charge in [-0.25, -0.2) is 13.1 Å². The van der Waals surface area contributed by atoms with Gasteiger partial charge < -0.3 is 0 Å². The van der Waals surface area contributed by atoms with Gasteiger partial charge in [-0.15, -0.1) is 11.6 Å². The van der Waals surface area contributed by atoms with E-state index < -0.39 is 10.0 Å². The first kappa shape index (κ1) is 17.0. The van der Waals surface area contributed by atoms with E-state index in [9.17, 15) is 8.42 Å². The minimum atomic E-state index is -3.42. The van der Waals surface area contributed by atoms with Crippen LogP contribution in [0.2, 0.25) is 0 Å². The summed E-state index contributed by atoms with van der Waals surface area (Å²) >= 11 is 9.02. The van der Waals surface area contributed by atoms with Crippen LogP contribution in [0.3, 0.4) is 0 Å². The number of rotatable bonds is 8. The second kappa shape index (κ2) is 8.25. The second-order valence-corrected chi connectivity index (χ2v) is 7.50. The fourth-order valence-corrected chi connectivity index (χ4v) is 3.52. The van der Waals surface area contributed by atoms with Gasteiger partial charge in [0.05, 0.1) is 4.90 Å². The van der Waals surface area contributed by atoms with E-state index in [-0.39, 0.29) is 4.90 Å². The van der Waals surface area contributed by atoms with Crippen molar-refractivity contribution in [3.8, 4) is 0 Å². The smallest absolute Gasteiger partial charge is 0.211 e. The number of hydrogen-bond donors (Lipinski definition) is 1. The zero-order valence-corrected chi connectivity index (χ0v) is 14.1. The van der Waals surface area contributed by atoms with Crippen molar-refractivity contribution in [2.24, 2.45) is 5.92 Å². The van der Waals surface area contributed by atoms with Crippen molar-refractivity contribution >= 4 is 37.6 Å². The molecule has 0 aliphatic carbocycles. The molecule has 108 valence electrons. The fraction of sp³-hybridized carbons (Fsp3) is 0.538. The van der Waals surface area contributed by atoms with Gasteiger partial charge in [-0.3, -0.25) is 0 Å². The largest absolute Gasteiger partial charge is 0.240 e. The van der Waals surface area contributed by atoms with Crippen molar-refractivity contribution in [1.82, 2.24) is 4.72 Å². The van der Waals surface area contributed by atoms with Gasteiger partial charge in [0.15, 0.2) is 0 Å². The first-order valence-corrected chi connectivity index (χ1v) is 9.12. The SMILES string of the molecule is CCCC(CCCl)CNS(=O)(=O)c1ccc(Br)cc1. The fourth-order valence-electron chi connectivity index (χ4n) is 1.84. The van der Waals surface area contributed by atoms with Crippen LogP contribution in [-0.4, -0.2) is 20.8 Å². The molecule has 1 N–H and O–H groups in total. The highest BCUT2D eigenvalue weighted by Crippen LogP contribution is 2.16. The van der Waals surface area contributed by atoms with Gasteiger partial charge in [0, 0.05) is 16.9 Å². The molecular weight excluding hydrogens is 350 g/mol. The molecule has 0 radical (unpaired) electrons. The van der Waals surface area contributed by atoms with Crippen LogP contribution in [-0.2, 0) is 10.0 Å². The maximum Gasteiger partial charge on any atom is 0.240 e. The minimum absolute atomic E-state index is 0.289. The first-order chi connectivity index (χ1) is 8.99. The van der Waals surface area contributed by atoms with E-state index in [1.54, 1.807) is 24.3 Å². The highest BCUT2D eigenvalue weighted by molar-refractivity contribution is 9.10. The van der Waals surface area contributed by atoms with Crippen LogP contribution in [0, 0.1) is 5.92 Å². The summed E-state index contributed by atoms with van der Waals surface area (Å²) in [6, 6.07) is 6.61. The molecule has 0 bridgehead atoms. The molecule has 0 aromatic heterocycles. The molecular formula is C13H19BrClNO2S. The van der Waals surface area contributed by atoms with E-state index in [2.05, 4.69) is 27.6 Å². The lowest BCUT2D eigenvalue weighted by Gasteiger charge is -2.15. The Morgan fingerprint density at radius 2 is 1.89 bits per heavy atom. The van der Waals surface area contributed by atoms with Crippen LogP contribution in [0.15, 0.2) is 33.6 Å². The van der Waals surface area contributed by atoms with Gasteiger partial charge in [0.1, 0.15) is 0 Å². The molecule has 1 aromatic rings. The Kier molecular flexibility index (Phi) is 7.36. The van der Waals surface area contributed by atoms with Crippen molar-refractivity contribution in [2.45, 2.75) is 31.1 Å². The summed E-state index contributed by atoms with van der Waals surface area (Å²) in [5.74, 6) is 0.859. The normalized spacial score (nSPS) is 13.4. The minimum Gasteiger partial charge on any atom is -0.211 e. The van der Waals surface area contributed by atoms with E-state index in [0.717, 1.165) is 23.7 Å². The molecule has 0 heterocycles. The summed E-state index contributed by atoms with van der Waals surface area (Å²) in [6.07, 6.45) is 2.84. The first-order valence-electron chi connectivity index (χ1n) is 6.30. The average molecular weight is 369 g/mol. The highest BCUT2D eigenvalue weighted by Gasteiger charge is 2.16. The number of benzene rings is 1. The summed E-state index contributed by atoms with van der Waals surface area (Å²) in [6.45, 7) is 2.53. The molecule has 1 aromatic carbocycles. The van der Waals surface area contributed by atoms with Crippen molar-refractivity contribution in [3.05, 3.63) is 28.7 Å². The lowest BCUT2D eigenvalue weighted by atomic mass is 10.0. The number of halogens is 2. The highest BCUT2D eigenvalue weighted by atomic mass is 79.9. The third kappa shape index (κ3) is 5.81. The monoisotopic (exact) mass is 367 g/mol. The van der Waals surface area contributed by atoms with Crippen LogP contribution in [0.4, 0.5) is 0 Å². The molecule has 0 saturated carbocycles. The Bertz CT molecular complexity index is 470. The van der Waals surface area contributed by atoms with E-state index >= 15 is 0 Å². The van der Waals surface area contributed by atoms with Gasteiger partial charge in [-0.1, -0.05) is 29.3 Å². The van der Waals surface area contributed by atoms with Crippen LogP contribution in [0.25, 0.3) is 0 Å². The number of sulfonamides is 1. The Labute approximate surface area is 128 Å². The summed E-state index contributed by atoms with van der Waals surface area (Å²) in [7, 11) is -3.42. The molecule has 1 atom stereocenters. The number of alkyl halides is 1. The Hall–Kier alpha value is -0.100. The topological polar surface area (TPSA) is 46.2 Å². The Morgan fingerprint density at radius 3 is 2.42 bits per heavy atom. The Morgan fingerprint density at radius 1 is 1.26 bits per heavy atom. The third-order valence-electron chi connectivity index (χ3n) is 2.90. The summed E-state index contributed by atoms with van der Waals surface area (Å²) in [5.41, 5.74) is 0.